The van der Waals surface area contributed by atoms with E-state index in [1.807, 2.05) is 19.5 Å². The van der Waals surface area contributed by atoms with Gasteiger partial charge in [-0.25, -0.2) is 4.98 Å². The van der Waals surface area contributed by atoms with Crippen LogP contribution in [0, 0.1) is 6.92 Å². The van der Waals surface area contributed by atoms with Gasteiger partial charge in [-0.05, 0) is 6.92 Å². The van der Waals surface area contributed by atoms with Gasteiger partial charge in [0.25, 0.3) is 0 Å². The van der Waals surface area contributed by atoms with Crippen molar-refractivity contribution in [1.82, 2.24) is 9.88 Å². The number of amides is 1. The Morgan fingerprint density at radius 1 is 1.71 bits per heavy atom. The molecular weight excluding hydrogens is 264 g/mol. The first-order chi connectivity index (χ1) is 6.65. The predicted octanol–water partition coefficient (Wildman–Crippen LogP) is 2.19. The average molecular weight is 277 g/mol. The second-order valence-corrected chi connectivity index (χ2v) is 4.78. The van der Waals surface area contributed by atoms with E-state index >= 15 is 0 Å². The van der Waals surface area contributed by atoms with Gasteiger partial charge in [0.2, 0.25) is 5.91 Å². The summed E-state index contributed by atoms with van der Waals surface area (Å²) in [6.07, 6.45) is 0.550. The van der Waals surface area contributed by atoms with E-state index in [0.717, 1.165) is 15.9 Å². The number of aromatic nitrogens is 1. The van der Waals surface area contributed by atoms with Crippen molar-refractivity contribution in [2.24, 2.45) is 0 Å². The summed E-state index contributed by atoms with van der Waals surface area (Å²) in [6.45, 7) is 2.64. The van der Waals surface area contributed by atoms with Crippen LogP contribution in [-0.4, -0.2) is 28.2 Å². The van der Waals surface area contributed by atoms with Gasteiger partial charge in [0.15, 0.2) is 0 Å². The number of nitrogens with zero attached hydrogens (tertiary/aromatic N) is 2. The molecule has 0 saturated carbocycles. The number of alkyl halides is 1. The molecule has 1 aromatic rings. The van der Waals surface area contributed by atoms with Crippen LogP contribution in [-0.2, 0) is 11.3 Å². The standard InChI is InChI=1S/C9H13BrN2OS/c1-7-8(14-6-11-7)5-12(2)9(13)3-4-10/h6H,3-5H2,1-2H3. The first-order valence-electron chi connectivity index (χ1n) is 4.34. The van der Waals surface area contributed by atoms with E-state index in [-0.39, 0.29) is 5.91 Å². The second-order valence-electron chi connectivity index (χ2n) is 3.05. The number of hydrogen-bond acceptors (Lipinski definition) is 3. The number of carbonyl (C=O) groups is 1. The van der Waals surface area contributed by atoms with Crippen molar-refractivity contribution >= 4 is 33.2 Å². The molecule has 1 heterocycles. The van der Waals surface area contributed by atoms with E-state index in [1.165, 1.54) is 0 Å². The Kier molecular flexibility index (Phi) is 4.54. The third-order valence-corrected chi connectivity index (χ3v) is 3.28. The minimum Gasteiger partial charge on any atom is -0.341 e. The highest BCUT2D eigenvalue weighted by Gasteiger charge is 2.10. The first-order valence-corrected chi connectivity index (χ1v) is 6.34. The molecule has 0 saturated heterocycles. The number of thiazole rings is 1. The third kappa shape index (κ3) is 3.06. The molecular formula is C9H13BrN2OS. The molecule has 0 aliphatic rings. The highest BCUT2D eigenvalue weighted by Crippen LogP contribution is 2.14. The van der Waals surface area contributed by atoms with E-state index in [1.54, 1.807) is 16.2 Å². The lowest BCUT2D eigenvalue weighted by Gasteiger charge is -2.15. The molecule has 0 aliphatic heterocycles. The quantitative estimate of drug-likeness (QED) is 0.790. The Morgan fingerprint density at radius 2 is 2.43 bits per heavy atom. The largest absolute Gasteiger partial charge is 0.341 e. The highest BCUT2D eigenvalue weighted by atomic mass is 79.9. The molecule has 3 nitrogen and oxygen atoms in total. The van der Waals surface area contributed by atoms with Crippen molar-refractivity contribution < 1.29 is 4.79 Å². The summed E-state index contributed by atoms with van der Waals surface area (Å²) in [7, 11) is 1.82. The fourth-order valence-electron chi connectivity index (χ4n) is 1.05. The van der Waals surface area contributed by atoms with Crippen molar-refractivity contribution in [2.45, 2.75) is 19.9 Å². The Hall–Kier alpha value is -0.420. The lowest BCUT2D eigenvalue weighted by molar-refractivity contribution is -0.129. The maximum absolute atomic E-state index is 11.5. The maximum atomic E-state index is 11.5. The molecule has 14 heavy (non-hydrogen) atoms. The molecule has 78 valence electrons. The van der Waals surface area contributed by atoms with Crippen LogP contribution in [0.3, 0.4) is 0 Å². The Morgan fingerprint density at radius 3 is 2.93 bits per heavy atom. The second kappa shape index (κ2) is 5.46. The third-order valence-electron chi connectivity index (χ3n) is 1.96. The zero-order valence-electron chi connectivity index (χ0n) is 8.29. The van der Waals surface area contributed by atoms with Gasteiger partial charge in [-0.2, -0.15) is 0 Å². The monoisotopic (exact) mass is 276 g/mol. The van der Waals surface area contributed by atoms with Crippen LogP contribution < -0.4 is 0 Å². The topological polar surface area (TPSA) is 33.2 Å². The van der Waals surface area contributed by atoms with Gasteiger partial charge in [0.05, 0.1) is 17.7 Å². The van der Waals surface area contributed by atoms with Gasteiger partial charge in [-0.15, -0.1) is 11.3 Å². The van der Waals surface area contributed by atoms with Crippen LogP contribution in [0.2, 0.25) is 0 Å². The van der Waals surface area contributed by atoms with Crippen LogP contribution in [0.25, 0.3) is 0 Å². The van der Waals surface area contributed by atoms with Crippen molar-refractivity contribution in [3.8, 4) is 0 Å². The fraction of sp³-hybridized carbons (Fsp3) is 0.556. The molecule has 0 bridgehead atoms. The normalized spacial score (nSPS) is 10.2. The zero-order chi connectivity index (χ0) is 10.6. The van der Waals surface area contributed by atoms with Crippen LogP contribution in [0.1, 0.15) is 17.0 Å². The van der Waals surface area contributed by atoms with E-state index < -0.39 is 0 Å². The molecule has 0 N–H and O–H groups in total. The zero-order valence-corrected chi connectivity index (χ0v) is 10.7. The van der Waals surface area contributed by atoms with Gasteiger partial charge in [-0.3, -0.25) is 4.79 Å². The van der Waals surface area contributed by atoms with Crippen LogP contribution >= 0.6 is 27.3 Å². The SMILES string of the molecule is Cc1ncsc1CN(C)C(=O)CCBr. The molecule has 0 fully saturated rings. The van der Waals surface area contributed by atoms with Crippen molar-refractivity contribution in [1.29, 1.82) is 0 Å². The summed E-state index contributed by atoms with van der Waals surface area (Å²) in [5.41, 5.74) is 2.83. The Bertz CT molecular complexity index is 314. The highest BCUT2D eigenvalue weighted by molar-refractivity contribution is 9.09. The predicted molar refractivity (Wildman–Crippen MR) is 61.7 cm³/mol. The van der Waals surface area contributed by atoms with E-state index in [0.29, 0.717) is 13.0 Å². The molecule has 5 heteroatoms. The maximum Gasteiger partial charge on any atom is 0.223 e. The van der Waals surface area contributed by atoms with Gasteiger partial charge < -0.3 is 4.90 Å². The van der Waals surface area contributed by atoms with Crippen LogP contribution in [0.4, 0.5) is 0 Å². The van der Waals surface area contributed by atoms with Crippen molar-refractivity contribution in [2.75, 3.05) is 12.4 Å². The molecule has 0 spiro atoms. The molecule has 0 radical (unpaired) electrons. The number of rotatable bonds is 4. The molecule has 0 atom stereocenters. The van der Waals surface area contributed by atoms with E-state index in [2.05, 4.69) is 20.9 Å². The summed E-state index contributed by atoms with van der Waals surface area (Å²) in [6, 6.07) is 0. The van der Waals surface area contributed by atoms with Gasteiger partial charge >= 0.3 is 0 Å². The lowest BCUT2D eigenvalue weighted by Crippen LogP contribution is -2.26. The fourth-order valence-corrected chi connectivity index (χ4v) is 2.22. The minimum absolute atomic E-state index is 0.162. The first kappa shape index (κ1) is 11.7. The minimum atomic E-state index is 0.162. The number of carbonyl (C=O) groups excluding carboxylic acids is 1. The lowest BCUT2D eigenvalue weighted by atomic mass is 10.3. The van der Waals surface area contributed by atoms with E-state index in [9.17, 15) is 4.79 Å². The van der Waals surface area contributed by atoms with Gasteiger partial charge in [0, 0.05) is 23.7 Å². The molecule has 0 unspecified atom stereocenters. The van der Waals surface area contributed by atoms with E-state index in [4.69, 9.17) is 0 Å². The summed E-state index contributed by atoms with van der Waals surface area (Å²) in [5, 5.41) is 0.720. The summed E-state index contributed by atoms with van der Waals surface area (Å²) in [4.78, 5) is 18.5. The number of hydrogen-bond donors (Lipinski definition) is 0. The molecule has 1 aromatic heterocycles. The van der Waals surface area contributed by atoms with Crippen molar-refractivity contribution in [3.05, 3.63) is 16.1 Å². The average Bonchev–Trinajstić information content (AvgIpc) is 2.52. The van der Waals surface area contributed by atoms with Crippen molar-refractivity contribution in [3.63, 3.8) is 0 Å². The number of aryl methyl sites for hydroxylation is 1. The Balaban J connectivity index is 2.52. The summed E-state index contributed by atoms with van der Waals surface area (Å²) in [5.74, 6) is 0.162. The number of halogens is 1. The molecule has 1 rings (SSSR count). The van der Waals surface area contributed by atoms with Gasteiger partial charge in [0.1, 0.15) is 0 Å². The Labute approximate surface area is 96.3 Å². The molecule has 0 aromatic carbocycles. The summed E-state index contributed by atoms with van der Waals surface area (Å²) < 4.78 is 0. The molecule has 0 aliphatic carbocycles. The van der Waals surface area contributed by atoms with Crippen LogP contribution in [0.15, 0.2) is 5.51 Å². The summed E-state index contributed by atoms with van der Waals surface area (Å²) >= 11 is 4.85. The smallest absolute Gasteiger partial charge is 0.223 e. The molecule has 1 amide bonds. The van der Waals surface area contributed by atoms with Gasteiger partial charge in [-0.1, -0.05) is 15.9 Å². The van der Waals surface area contributed by atoms with Crippen LogP contribution in [0.5, 0.6) is 0 Å².